The van der Waals surface area contributed by atoms with E-state index in [-0.39, 0.29) is 29.0 Å². The Kier molecular flexibility index (Phi) is 5.25. The van der Waals surface area contributed by atoms with Crippen LogP contribution in [-0.4, -0.2) is 60.9 Å². The SMILES string of the molecule is CN1C(=O)C2(Cl)CC3C(=CCC4C(=O)N(C(C)(C)C)C(=O)C43)C(c3ccc(O)cc3Cl)C2(Cl)C1=O. The minimum absolute atomic E-state index is 0.0663. The lowest BCUT2D eigenvalue weighted by Gasteiger charge is -2.51. The lowest BCUT2D eigenvalue weighted by molar-refractivity contribution is -0.146. The molecule has 4 amide bonds. The second-order valence-electron chi connectivity index (χ2n) is 10.9. The van der Waals surface area contributed by atoms with E-state index in [1.54, 1.807) is 26.8 Å². The van der Waals surface area contributed by atoms with Gasteiger partial charge in [0.1, 0.15) is 5.75 Å². The number of carbonyl (C=O) groups excluding carboxylic acids is 4. The van der Waals surface area contributed by atoms with Gasteiger partial charge in [0.15, 0.2) is 9.75 Å². The highest BCUT2D eigenvalue weighted by atomic mass is 35.5. The van der Waals surface area contributed by atoms with Gasteiger partial charge in [-0.2, -0.15) is 0 Å². The van der Waals surface area contributed by atoms with Gasteiger partial charge in [-0.05, 0) is 57.2 Å². The predicted molar refractivity (Wildman–Crippen MR) is 130 cm³/mol. The zero-order chi connectivity index (χ0) is 25.8. The van der Waals surface area contributed by atoms with Crippen molar-refractivity contribution in [3.8, 4) is 5.75 Å². The van der Waals surface area contributed by atoms with Crippen molar-refractivity contribution in [2.24, 2.45) is 17.8 Å². The molecule has 3 fully saturated rings. The second kappa shape index (κ2) is 7.46. The summed E-state index contributed by atoms with van der Waals surface area (Å²) in [6.45, 7) is 5.40. The Bertz CT molecular complexity index is 1240. The fraction of sp³-hybridized carbons (Fsp3) is 0.520. The molecule has 0 bridgehead atoms. The molecule has 2 heterocycles. The summed E-state index contributed by atoms with van der Waals surface area (Å²) in [5, 5.41) is 10.1. The molecule has 5 rings (SSSR count). The predicted octanol–water partition coefficient (Wildman–Crippen LogP) is 3.83. The van der Waals surface area contributed by atoms with Crippen LogP contribution in [0.1, 0.15) is 45.1 Å². The quantitative estimate of drug-likeness (QED) is 0.332. The second-order valence-corrected chi connectivity index (χ2v) is 12.5. The monoisotopic (exact) mass is 538 g/mol. The van der Waals surface area contributed by atoms with Gasteiger partial charge in [-0.25, -0.2) is 0 Å². The first-order valence-corrected chi connectivity index (χ1v) is 12.6. The van der Waals surface area contributed by atoms with Crippen molar-refractivity contribution in [2.45, 2.75) is 54.8 Å². The van der Waals surface area contributed by atoms with Crippen LogP contribution in [0.15, 0.2) is 29.8 Å². The van der Waals surface area contributed by atoms with Crippen LogP contribution in [0.25, 0.3) is 0 Å². The van der Waals surface area contributed by atoms with Crippen molar-refractivity contribution < 1.29 is 24.3 Å². The minimum atomic E-state index is -1.90. The van der Waals surface area contributed by atoms with E-state index >= 15 is 0 Å². The summed E-state index contributed by atoms with van der Waals surface area (Å²) in [6.07, 6.45) is 2.08. The van der Waals surface area contributed by atoms with Crippen molar-refractivity contribution in [3.63, 3.8) is 0 Å². The number of hydrogen-bond acceptors (Lipinski definition) is 5. The standard InChI is InChI=1S/C25H25Cl3N2O5/c1-23(2,3)30-19(32)14-8-7-12-15(17(14)20(30)33)10-24(27)21(34)29(4)22(35)25(24,28)18(12)13-6-5-11(31)9-16(13)26/h5-7,9,14-15,17-18,31H,8,10H2,1-4H3. The summed E-state index contributed by atoms with van der Waals surface area (Å²) in [4.78, 5) is 52.3. The molecule has 2 saturated heterocycles. The maximum atomic E-state index is 13.7. The first-order valence-electron chi connectivity index (χ1n) is 11.4. The molecular weight excluding hydrogens is 515 g/mol. The molecule has 6 atom stereocenters. The van der Waals surface area contributed by atoms with Crippen molar-refractivity contribution in [2.75, 3.05) is 7.05 Å². The van der Waals surface area contributed by atoms with Crippen LogP contribution in [0.2, 0.25) is 5.02 Å². The first-order chi connectivity index (χ1) is 16.2. The summed E-state index contributed by atoms with van der Waals surface area (Å²) in [5.41, 5.74) is 0.368. The van der Waals surface area contributed by atoms with Crippen molar-refractivity contribution in [1.82, 2.24) is 9.80 Å². The number of rotatable bonds is 1. The maximum Gasteiger partial charge on any atom is 0.253 e. The number of halogens is 3. The van der Waals surface area contributed by atoms with Crippen molar-refractivity contribution in [1.29, 1.82) is 0 Å². The molecule has 0 aromatic heterocycles. The number of hydrogen-bond donors (Lipinski definition) is 1. The number of carbonyl (C=O) groups is 4. The van der Waals surface area contributed by atoms with E-state index in [0.717, 1.165) is 4.90 Å². The molecule has 2 aliphatic carbocycles. The lowest BCUT2D eigenvalue weighted by Crippen LogP contribution is -2.60. The summed E-state index contributed by atoms with van der Waals surface area (Å²) >= 11 is 20.7. The average molecular weight is 540 g/mol. The molecular formula is C25H25Cl3N2O5. The molecule has 35 heavy (non-hydrogen) atoms. The number of allylic oxidation sites excluding steroid dienone is 2. The van der Waals surface area contributed by atoms with Gasteiger partial charge in [0.25, 0.3) is 11.8 Å². The summed E-state index contributed by atoms with van der Waals surface area (Å²) in [5.74, 6) is -4.80. The number of phenols is 1. The molecule has 10 heteroatoms. The minimum Gasteiger partial charge on any atom is -0.508 e. The Morgan fingerprint density at radius 1 is 1.03 bits per heavy atom. The first kappa shape index (κ1) is 24.6. The van der Waals surface area contributed by atoms with Crippen molar-refractivity contribution in [3.05, 3.63) is 40.4 Å². The molecule has 186 valence electrons. The van der Waals surface area contributed by atoms with E-state index in [9.17, 15) is 24.3 Å². The van der Waals surface area contributed by atoms with Crippen LogP contribution >= 0.6 is 34.8 Å². The number of phenolic OH excluding ortho intramolecular Hbond substituents is 1. The van der Waals surface area contributed by atoms with Gasteiger partial charge in [0, 0.05) is 23.5 Å². The Labute approximate surface area is 218 Å². The van der Waals surface area contributed by atoms with Crippen LogP contribution in [0.3, 0.4) is 0 Å². The summed E-state index contributed by atoms with van der Waals surface area (Å²) in [6, 6.07) is 4.31. The van der Waals surface area contributed by atoms with Crippen LogP contribution in [0.4, 0.5) is 0 Å². The molecule has 4 aliphatic rings. The average Bonchev–Trinajstić information content (AvgIpc) is 3.10. The van der Waals surface area contributed by atoms with E-state index < -0.39 is 50.8 Å². The van der Waals surface area contributed by atoms with Gasteiger partial charge in [-0.1, -0.05) is 29.3 Å². The highest BCUT2D eigenvalue weighted by molar-refractivity contribution is 6.53. The molecule has 6 unspecified atom stereocenters. The number of amides is 4. The Morgan fingerprint density at radius 2 is 1.69 bits per heavy atom. The van der Waals surface area contributed by atoms with Gasteiger partial charge in [0.05, 0.1) is 11.8 Å². The third-order valence-electron chi connectivity index (χ3n) is 7.98. The van der Waals surface area contributed by atoms with Gasteiger partial charge in [-0.15, -0.1) is 23.2 Å². The number of likely N-dealkylation sites (tertiary alicyclic amines) is 2. The molecule has 0 spiro atoms. The maximum absolute atomic E-state index is 13.7. The number of nitrogens with zero attached hydrogens (tertiary/aromatic N) is 2. The molecule has 7 nitrogen and oxygen atoms in total. The summed E-state index contributed by atoms with van der Waals surface area (Å²) < 4.78 is 0. The van der Waals surface area contributed by atoms with Crippen LogP contribution < -0.4 is 0 Å². The van der Waals surface area contributed by atoms with E-state index in [1.165, 1.54) is 24.1 Å². The molecule has 1 aromatic rings. The van der Waals surface area contributed by atoms with Crippen molar-refractivity contribution >= 4 is 58.4 Å². The van der Waals surface area contributed by atoms with Gasteiger partial charge in [0.2, 0.25) is 11.8 Å². The zero-order valence-corrected chi connectivity index (χ0v) is 21.9. The largest absolute Gasteiger partial charge is 0.508 e. The Balaban J connectivity index is 1.74. The van der Waals surface area contributed by atoms with Crippen LogP contribution in [0, 0.1) is 17.8 Å². The fourth-order valence-corrected chi connectivity index (χ4v) is 7.80. The van der Waals surface area contributed by atoms with E-state index in [0.29, 0.717) is 17.6 Å². The number of aromatic hydroxyl groups is 1. The van der Waals surface area contributed by atoms with E-state index in [1.807, 2.05) is 6.08 Å². The highest BCUT2D eigenvalue weighted by Crippen LogP contribution is 2.66. The van der Waals surface area contributed by atoms with E-state index in [4.69, 9.17) is 34.8 Å². The summed E-state index contributed by atoms with van der Waals surface area (Å²) in [7, 11) is 1.33. The van der Waals surface area contributed by atoms with E-state index in [2.05, 4.69) is 0 Å². The number of benzene rings is 1. The fourth-order valence-electron chi connectivity index (χ4n) is 6.50. The topological polar surface area (TPSA) is 95.0 Å². The third-order valence-corrected chi connectivity index (χ3v) is 9.72. The van der Waals surface area contributed by atoms with Crippen LogP contribution in [-0.2, 0) is 19.2 Å². The number of alkyl halides is 2. The molecule has 1 N–H and O–H groups in total. The molecule has 1 aromatic carbocycles. The highest BCUT2D eigenvalue weighted by Gasteiger charge is 2.76. The molecule has 1 saturated carbocycles. The van der Waals surface area contributed by atoms with Gasteiger partial charge >= 0.3 is 0 Å². The molecule has 2 aliphatic heterocycles. The lowest BCUT2D eigenvalue weighted by atomic mass is 9.56. The van der Waals surface area contributed by atoms with Gasteiger partial charge in [-0.3, -0.25) is 29.0 Å². The normalized spacial score (nSPS) is 36.8. The number of fused-ring (bicyclic) bond motifs is 4. The Morgan fingerprint density at radius 3 is 2.29 bits per heavy atom. The van der Waals surface area contributed by atoms with Crippen LogP contribution in [0.5, 0.6) is 5.75 Å². The Hall–Kier alpha value is -2.09. The number of imide groups is 2. The zero-order valence-electron chi connectivity index (χ0n) is 19.6. The smallest absolute Gasteiger partial charge is 0.253 e. The van der Waals surface area contributed by atoms with Gasteiger partial charge < -0.3 is 5.11 Å². The third kappa shape index (κ3) is 2.98. The molecule has 0 radical (unpaired) electrons.